The van der Waals surface area contributed by atoms with Crippen molar-refractivity contribution in [2.24, 2.45) is 0 Å². The minimum atomic E-state index is 0.203. The molecule has 0 aliphatic heterocycles. The van der Waals surface area contributed by atoms with Crippen molar-refractivity contribution >= 4 is 12.1 Å². The van der Waals surface area contributed by atoms with Crippen LogP contribution in [0.1, 0.15) is 13.9 Å². The molecule has 2 aromatic rings. The summed E-state index contributed by atoms with van der Waals surface area (Å²) in [5.74, 6) is 0. The van der Waals surface area contributed by atoms with E-state index in [0.717, 1.165) is 11.1 Å². The predicted molar refractivity (Wildman–Crippen MR) is 80.1 cm³/mol. The van der Waals surface area contributed by atoms with E-state index in [9.17, 15) is 0 Å². The molecule has 2 rings (SSSR count). The van der Waals surface area contributed by atoms with Crippen LogP contribution in [0.25, 0.3) is 12.1 Å². The maximum Gasteiger partial charge on any atom is 0.0629 e. The van der Waals surface area contributed by atoms with Gasteiger partial charge in [-0.1, -0.05) is 97.1 Å². The average Bonchev–Trinajstić information content (AvgIpc) is 2.52. The monoisotopic (exact) mass is 234 g/mol. The first-order chi connectivity index (χ1) is 9.77. The smallest absolute Gasteiger partial charge is 0.0622 e. The molecule has 0 unspecified atom stereocenters. The summed E-state index contributed by atoms with van der Waals surface area (Å²) in [6.45, 7) is 0. The third-order valence-electron chi connectivity index (χ3n) is 2.37. The highest BCUT2D eigenvalue weighted by Gasteiger charge is 1.80. The third-order valence-corrected chi connectivity index (χ3v) is 2.37. The van der Waals surface area contributed by atoms with Gasteiger partial charge in [-0.3, -0.25) is 0 Å². The van der Waals surface area contributed by atoms with E-state index in [-0.39, 0.29) is 12.1 Å². The van der Waals surface area contributed by atoms with E-state index in [1.165, 1.54) is 0 Å². The molecular formula is C18H16. The fraction of sp³-hybridized carbons (Fsp3) is 0. The summed E-state index contributed by atoms with van der Waals surface area (Å²) < 4.78 is 15.8. The van der Waals surface area contributed by atoms with Crippen LogP contribution in [0.4, 0.5) is 0 Å². The van der Waals surface area contributed by atoms with Gasteiger partial charge in [-0.2, -0.15) is 0 Å². The second kappa shape index (κ2) is 7.08. The molecule has 0 saturated heterocycles. The molecule has 0 N–H and O–H groups in total. The van der Waals surface area contributed by atoms with Gasteiger partial charge in [0.2, 0.25) is 0 Å². The summed E-state index contributed by atoms with van der Waals surface area (Å²) in [5, 5.41) is 0. The first-order valence-electron chi connectivity index (χ1n) is 6.90. The van der Waals surface area contributed by atoms with Crippen LogP contribution in [0.15, 0.2) is 84.9 Å². The van der Waals surface area contributed by atoms with Crippen LogP contribution >= 0.6 is 0 Å². The van der Waals surface area contributed by atoms with Crippen molar-refractivity contribution in [3.05, 3.63) is 96.1 Å². The SMILES string of the molecule is [2H]C(/C=C/C=C/c1ccccc1)=C(/[2H])c1ccccc1. The molecule has 18 heavy (non-hydrogen) atoms. The van der Waals surface area contributed by atoms with E-state index >= 15 is 0 Å². The molecule has 88 valence electrons. The lowest BCUT2D eigenvalue weighted by atomic mass is 10.2. The Balaban J connectivity index is 2.06. The number of rotatable bonds is 4. The largest absolute Gasteiger partial charge is 0.0629 e. The molecule has 0 heteroatoms. The topological polar surface area (TPSA) is 0 Å². The molecule has 0 bridgehead atoms. The van der Waals surface area contributed by atoms with Gasteiger partial charge in [0, 0.05) is 0 Å². The van der Waals surface area contributed by atoms with Crippen molar-refractivity contribution in [2.75, 3.05) is 0 Å². The van der Waals surface area contributed by atoms with Crippen LogP contribution in [0.3, 0.4) is 0 Å². The summed E-state index contributed by atoms with van der Waals surface area (Å²) in [5.41, 5.74) is 1.87. The molecule has 0 aliphatic rings. The molecule has 0 radical (unpaired) electrons. The van der Waals surface area contributed by atoms with Crippen molar-refractivity contribution in [3.63, 3.8) is 0 Å². The van der Waals surface area contributed by atoms with Crippen LogP contribution in [0.5, 0.6) is 0 Å². The van der Waals surface area contributed by atoms with Crippen molar-refractivity contribution in [1.29, 1.82) is 0 Å². The van der Waals surface area contributed by atoms with Crippen molar-refractivity contribution in [1.82, 2.24) is 0 Å². The molecule has 0 atom stereocenters. The number of hydrogen-bond acceptors (Lipinski definition) is 0. The first kappa shape index (κ1) is 9.67. The molecular weight excluding hydrogens is 216 g/mol. The second-order valence-electron chi connectivity index (χ2n) is 3.76. The van der Waals surface area contributed by atoms with E-state index in [2.05, 4.69) is 0 Å². The Morgan fingerprint density at radius 2 is 1.28 bits per heavy atom. The van der Waals surface area contributed by atoms with E-state index in [0.29, 0.717) is 0 Å². The standard InChI is InChI=1S/C18H16/c1(5-11-17-13-7-3-8-14-17)2-6-12-18-15-9-4-10-16-18/h1-16H/b2-1+,11-5+,12-6+/i5D,11D. The summed E-state index contributed by atoms with van der Waals surface area (Å²) in [6, 6.07) is 19.7. The molecule has 0 nitrogen and oxygen atoms in total. The minimum absolute atomic E-state index is 0.203. The van der Waals surface area contributed by atoms with Crippen LogP contribution in [-0.4, -0.2) is 0 Å². The average molecular weight is 234 g/mol. The Kier molecular flexibility index (Phi) is 3.80. The fourth-order valence-electron chi connectivity index (χ4n) is 1.48. The summed E-state index contributed by atoms with van der Waals surface area (Å²) in [6.07, 6.45) is 7.26. The van der Waals surface area contributed by atoms with Gasteiger partial charge in [0.05, 0.1) is 2.74 Å². The highest BCUT2D eigenvalue weighted by molar-refractivity contribution is 5.53. The van der Waals surface area contributed by atoms with Gasteiger partial charge in [-0.05, 0) is 11.1 Å². The van der Waals surface area contributed by atoms with Gasteiger partial charge in [0.25, 0.3) is 0 Å². The Morgan fingerprint density at radius 1 is 0.667 bits per heavy atom. The Bertz CT molecular complexity index is 623. The Hall–Kier alpha value is -2.34. The highest BCUT2D eigenvalue weighted by Crippen LogP contribution is 2.02. The van der Waals surface area contributed by atoms with E-state index in [4.69, 9.17) is 2.74 Å². The summed E-state index contributed by atoms with van der Waals surface area (Å²) >= 11 is 0. The van der Waals surface area contributed by atoms with Crippen molar-refractivity contribution in [2.45, 2.75) is 0 Å². The maximum absolute atomic E-state index is 7.94. The molecule has 0 fully saturated rings. The number of benzene rings is 2. The van der Waals surface area contributed by atoms with Crippen LogP contribution in [0.2, 0.25) is 0 Å². The number of allylic oxidation sites excluding steroid dienone is 4. The maximum atomic E-state index is 7.94. The zero-order chi connectivity index (χ0) is 14.2. The molecule has 2 aromatic carbocycles. The normalized spacial score (nSPS) is 14.4. The lowest BCUT2D eigenvalue weighted by Crippen LogP contribution is -1.67. The van der Waals surface area contributed by atoms with Gasteiger partial charge < -0.3 is 0 Å². The molecule has 0 saturated carbocycles. The molecule has 0 aromatic heterocycles. The minimum Gasteiger partial charge on any atom is -0.0622 e. The van der Waals surface area contributed by atoms with E-state index < -0.39 is 0 Å². The number of hydrogen-bond donors (Lipinski definition) is 0. The highest BCUT2D eigenvalue weighted by atomic mass is 13.9. The van der Waals surface area contributed by atoms with Gasteiger partial charge >= 0.3 is 0 Å². The molecule has 0 amide bonds. The fourth-order valence-corrected chi connectivity index (χ4v) is 1.48. The zero-order valence-electron chi connectivity index (χ0n) is 12.1. The lowest BCUT2D eigenvalue weighted by Gasteiger charge is -1.89. The Labute approximate surface area is 111 Å². The van der Waals surface area contributed by atoms with Gasteiger partial charge in [0.15, 0.2) is 0 Å². The van der Waals surface area contributed by atoms with E-state index in [1.807, 2.05) is 72.8 Å². The van der Waals surface area contributed by atoms with Crippen molar-refractivity contribution in [3.8, 4) is 0 Å². The lowest BCUT2D eigenvalue weighted by molar-refractivity contribution is 1.66. The summed E-state index contributed by atoms with van der Waals surface area (Å²) in [4.78, 5) is 0. The zero-order valence-corrected chi connectivity index (χ0v) is 10.1. The molecule has 0 aliphatic carbocycles. The third kappa shape index (κ3) is 4.26. The Morgan fingerprint density at radius 3 is 1.94 bits per heavy atom. The van der Waals surface area contributed by atoms with E-state index in [1.54, 1.807) is 12.2 Å². The first-order valence-corrected chi connectivity index (χ1v) is 5.90. The van der Waals surface area contributed by atoms with Gasteiger partial charge in [-0.25, -0.2) is 0 Å². The van der Waals surface area contributed by atoms with Gasteiger partial charge in [0.1, 0.15) is 0 Å². The molecule has 0 heterocycles. The van der Waals surface area contributed by atoms with Crippen LogP contribution < -0.4 is 0 Å². The molecule has 0 spiro atoms. The van der Waals surface area contributed by atoms with Crippen LogP contribution in [0, 0.1) is 0 Å². The van der Waals surface area contributed by atoms with Crippen molar-refractivity contribution < 1.29 is 2.74 Å². The second-order valence-corrected chi connectivity index (χ2v) is 3.76. The van der Waals surface area contributed by atoms with Gasteiger partial charge in [-0.15, -0.1) is 0 Å². The summed E-state index contributed by atoms with van der Waals surface area (Å²) in [7, 11) is 0. The van der Waals surface area contributed by atoms with Crippen LogP contribution in [-0.2, 0) is 0 Å². The predicted octanol–water partition coefficient (Wildman–Crippen LogP) is 4.97. The quantitative estimate of drug-likeness (QED) is 0.655.